The summed E-state index contributed by atoms with van der Waals surface area (Å²) in [7, 11) is 3.93. The van der Waals surface area contributed by atoms with E-state index in [0.717, 1.165) is 22.7 Å². The van der Waals surface area contributed by atoms with Gasteiger partial charge in [0.25, 0.3) is 0 Å². The molecule has 0 aliphatic heterocycles. The number of anilines is 1. The normalized spacial score (nSPS) is 10.8. The summed E-state index contributed by atoms with van der Waals surface area (Å²) in [5.74, 6) is 0.889. The quantitative estimate of drug-likeness (QED) is 0.674. The van der Waals surface area contributed by atoms with Crippen molar-refractivity contribution >= 4 is 11.5 Å². The Morgan fingerprint density at radius 1 is 1.11 bits per heavy atom. The van der Waals surface area contributed by atoms with Gasteiger partial charge in [-0.3, -0.25) is 0 Å². The van der Waals surface area contributed by atoms with Crippen molar-refractivity contribution < 1.29 is 0 Å². The zero-order valence-electron chi connectivity index (χ0n) is 10.1. The molecule has 3 aromatic rings. The van der Waals surface area contributed by atoms with Crippen LogP contribution in [0.15, 0.2) is 36.5 Å². The lowest BCUT2D eigenvalue weighted by Crippen LogP contribution is -2.12. The lowest BCUT2D eigenvalue weighted by molar-refractivity contribution is 0.827. The first-order valence-corrected chi connectivity index (χ1v) is 5.57. The van der Waals surface area contributed by atoms with Crippen LogP contribution in [0.4, 0.5) is 5.82 Å². The summed E-state index contributed by atoms with van der Waals surface area (Å²) in [6, 6.07) is 9.71. The summed E-state index contributed by atoms with van der Waals surface area (Å²) < 4.78 is 1.71. The van der Waals surface area contributed by atoms with Gasteiger partial charge in [-0.1, -0.05) is 6.07 Å². The van der Waals surface area contributed by atoms with Gasteiger partial charge in [-0.2, -0.15) is 4.52 Å². The van der Waals surface area contributed by atoms with Crippen LogP contribution < -0.4 is 4.90 Å². The molecule has 0 N–H and O–H groups in total. The van der Waals surface area contributed by atoms with Crippen LogP contribution in [0, 0.1) is 0 Å². The summed E-state index contributed by atoms with van der Waals surface area (Å²) in [5, 5.41) is 11.6. The second-order valence-corrected chi connectivity index (χ2v) is 4.13. The molecule has 18 heavy (non-hydrogen) atoms. The molecule has 3 heterocycles. The second kappa shape index (κ2) is 4.06. The van der Waals surface area contributed by atoms with E-state index in [-0.39, 0.29) is 0 Å². The summed E-state index contributed by atoms with van der Waals surface area (Å²) in [6.45, 7) is 0. The minimum absolute atomic E-state index is 0.723. The largest absolute Gasteiger partial charge is 0.362 e. The Morgan fingerprint density at radius 2 is 2.00 bits per heavy atom. The number of nitrogens with zero attached hydrogens (tertiary/aromatic N) is 6. The van der Waals surface area contributed by atoms with Gasteiger partial charge in [-0.25, -0.2) is 4.98 Å². The van der Waals surface area contributed by atoms with Gasteiger partial charge in [0.2, 0.25) is 0 Å². The van der Waals surface area contributed by atoms with Crippen LogP contribution in [0.25, 0.3) is 16.9 Å². The maximum Gasteiger partial charge on any atom is 0.179 e. The van der Waals surface area contributed by atoms with Crippen LogP contribution in [0.1, 0.15) is 0 Å². The van der Waals surface area contributed by atoms with E-state index in [1.807, 2.05) is 49.3 Å². The third-order valence-corrected chi connectivity index (χ3v) is 2.71. The molecule has 0 saturated heterocycles. The Balaban J connectivity index is 2.29. The first-order valence-electron chi connectivity index (χ1n) is 5.57. The molecule has 0 aliphatic rings. The first kappa shape index (κ1) is 10.6. The maximum atomic E-state index is 4.39. The molecule has 0 unspecified atom stereocenters. The van der Waals surface area contributed by atoms with Crippen LogP contribution in [-0.2, 0) is 0 Å². The second-order valence-electron chi connectivity index (χ2n) is 4.13. The van der Waals surface area contributed by atoms with Crippen molar-refractivity contribution in [3.63, 3.8) is 0 Å². The highest BCUT2D eigenvalue weighted by Crippen LogP contribution is 2.27. The molecule has 0 aromatic carbocycles. The van der Waals surface area contributed by atoms with E-state index in [1.54, 1.807) is 10.7 Å². The zero-order chi connectivity index (χ0) is 12.5. The van der Waals surface area contributed by atoms with Gasteiger partial charge in [0.15, 0.2) is 5.65 Å². The van der Waals surface area contributed by atoms with Gasteiger partial charge in [0.05, 0.1) is 5.69 Å². The third-order valence-electron chi connectivity index (χ3n) is 2.71. The van der Waals surface area contributed by atoms with Gasteiger partial charge < -0.3 is 4.90 Å². The number of hydrogen-bond acceptors (Lipinski definition) is 5. The predicted octanol–water partition coefficient (Wildman–Crippen LogP) is 1.25. The molecule has 6 heteroatoms. The Labute approximate surface area is 104 Å². The van der Waals surface area contributed by atoms with Crippen LogP contribution >= 0.6 is 0 Å². The molecule has 90 valence electrons. The van der Waals surface area contributed by atoms with E-state index in [1.165, 1.54) is 0 Å². The Kier molecular flexibility index (Phi) is 2.40. The van der Waals surface area contributed by atoms with Crippen molar-refractivity contribution in [3.05, 3.63) is 36.5 Å². The van der Waals surface area contributed by atoms with Crippen molar-refractivity contribution in [1.29, 1.82) is 0 Å². The van der Waals surface area contributed by atoms with E-state index < -0.39 is 0 Å². The van der Waals surface area contributed by atoms with E-state index in [9.17, 15) is 0 Å². The van der Waals surface area contributed by atoms with Crippen LogP contribution in [-0.4, -0.2) is 39.1 Å². The first-order chi connectivity index (χ1) is 8.77. The number of fused-ring (bicyclic) bond motifs is 1. The molecule has 6 nitrogen and oxygen atoms in total. The molecular formula is C12H12N6. The number of pyridine rings is 2. The van der Waals surface area contributed by atoms with E-state index >= 15 is 0 Å². The lowest BCUT2D eigenvalue weighted by atomic mass is 10.1. The molecular weight excluding hydrogens is 228 g/mol. The van der Waals surface area contributed by atoms with E-state index in [2.05, 4.69) is 20.5 Å². The molecule has 3 aromatic heterocycles. The van der Waals surface area contributed by atoms with Crippen molar-refractivity contribution in [2.45, 2.75) is 0 Å². The number of hydrogen-bond donors (Lipinski definition) is 0. The average Bonchev–Trinajstić information content (AvgIpc) is 2.86. The van der Waals surface area contributed by atoms with Crippen LogP contribution in [0.3, 0.4) is 0 Å². The molecule has 0 radical (unpaired) electrons. The standard InChI is InChI=1S/C12H12N6/c1-17(2)12-9(5-4-8-13-12)10-6-3-7-11-14-15-16-18(10)11/h3-8H,1-2H3. The average molecular weight is 240 g/mol. The monoisotopic (exact) mass is 240 g/mol. The highest BCUT2D eigenvalue weighted by Gasteiger charge is 2.11. The fraction of sp³-hybridized carbons (Fsp3) is 0.167. The number of tetrazole rings is 1. The SMILES string of the molecule is CN(C)c1ncccc1-c1cccc2nnnn12. The van der Waals surface area contributed by atoms with Gasteiger partial charge in [-0.05, 0) is 34.7 Å². The van der Waals surface area contributed by atoms with Crippen LogP contribution in [0.5, 0.6) is 0 Å². The van der Waals surface area contributed by atoms with Gasteiger partial charge in [0, 0.05) is 25.9 Å². The minimum atomic E-state index is 0.723. The van der Waals surface area contributed by atoms with E-state index in [4.69, 9.17) is 0 Å². The van der Waals surface area contributed by atoms with Crippen molar-refractivity contribution in [2.75, 3.05) is 19.0 Å². The smallest absolute Gasteiger partial charge is 0.179 e. The molecule has 0 atom stereocenters. The van der Waals surface area contributed by atoms with Crippen molar-refractivity contribution in [1.82, 2.24) is 25.0 Å². The highest BCUT2D eigenvalue weighted by atomic mass is 15.5. The minimum Gasteiger partial charge on any atom is -0.362 e. The Hall–Kier alpha value is -2.50. The maximum absolute atomic E-state index is 4.39. The summed E-state index contributed by atoms with van der Waals surface area (Å²) >= 11 is 0. The molecule has 0 spiro atoms. The Morgan fingerprint density at radius 3 is 2.83 bits per heavy atom. The molecule has 0 bridgehead atoms. The topological polar surface area (TPSA) is 59.2 Å². The van der Waals surface area contributed by atoms with Gasteiger partial charge in [0.1, 0.15) is 5.82 Å². The summed E-state index contributed by atoms with van der Waals surface area (Å²) in [6.07, 6.45) is 1.78. The summed E-state index contributed by atoms with van der Waals surface area (Å²) in [5.41, 5.74) is 2.65. The van der Waals surface area contributed by atoms with Gasteiger partial charge in [-0.15, -0.1) is 5.10 Å². The fourth-order valence-electron chi connectivity index (χ4n) is 1.92. The highest BCUT2D eigenvalue weighted by molar-refractivity contribution is 5.74. The number of aromatic nitrogens is 5. The molecule has 0 fully saturated rings. The van der Waals surface area contributed by atoms with Crippen molar-refractivity contribution in [3.8, 4) is 11.3 Å². The zero-order valence-corrected chi connectivity index (χ0v) is 10.1. The molecule has 0 saturated carbocycles. The molecule has 0 amide bonds. The van der Waals surface area contributed by atoms with Crippen molar-refractivity contribution in [2.24, 2.45) is 0 Å². The molecule has 3 rings (SSSR count). The molecule has 0 aliphatic carbocycles. The Bertz CT molecular complexity index is 688. The summed E-state index contributed by atoms with van der Waals surface area (Å²) in [4.78, 5) is 6.36. The van der Waals surface area contributed by atoms with Gasteiger partial charge >= 0.3 is 0 Å². The fourth-order valence-corrected chi connectivity index (χ4v) is 1.92. The van der Waals surface area contributed by atoms with Crippen LogP contribution in [0.2, 0.25) is 0 Å². The predicted molar refractivity (Wildman–Crippen MR) is 68.3 cm³/mol. The number of rotatable bonds is 2. The van der Waals surface area contributed by atoms with E-state index in [0.29, 0.717) is 0 Å². The third kappa shape index (κ3) is 1.58. The lowest BCUT2D eigenvalue weighted by Gasteiger charge is -2.15.